The zero-order valence-corrected chi connectivity index (χ0v) is 13.4. The zero-order chi connectivity index (χ0) is 14.5. The Kier molecular flexibility index (Phi) is 5.04. The zero-order valence-electron chi connectivity index (χ0n) is 12.6. The molecule has 0 aliphatic carbocycles. The van der Waals surface area contributed by atoms with Crippen LogP contribution in [-0.2, 0) is 13.2 Å². The highest BCUT2D eigenvalue weighted by Gasteiger charge is 2.06. The molecule has 2 aromatic rings. The van der Waals surface area contributed by atoms with Crippen molar-refractivity contribution >= 4 is 17.0 Å². The Morgan fingerprint density at radius 1 is 1.25 bits per heavy atom. The predicted molar refractivity (Wildman–Crippen MR) is 86.9 cm³/mol. The number of nitrogens with one attached hydrogen (secondary N) is 1. The first-order chi connectivity index (χ1) is 9.60. The van der Waals surface area contributed by atoms with Gasteiger partial charge >= 0.3 is 0 Å². The van der Waals surface area contributed by atoms with E-state index in [9.17, 15) is 0 Å². The molecule has 3 nitrogen and oxygen atoms in total. The number of nitrogens with zero attached hydrogens (tertiary/aromatic N) is 1. The van der Waals surface area contributed by atoms with E-state index in [-0.39, 0.29) is 0 Å². The monoisotopic (exact) mass is 290 g/mol. The normalized spacial score (nSPS) is 10.6. The Hall–Kier alpha value is -1.52. The molecule has 0 unspecified atom stereocenters. The highest BCUT2D eigenvalue weighted by Crippen LogP contribution is 2.24. The van der Waals surface area contributed by atoms with Crippen LogP contribution >= 0.6 is 11.3 Å². The molecule has 2 rings (SSSR count). The smallest absolute Gasteiger partial charge is 0.121 e. The number of ether oxygens (including phenoxy) is 1. The van der Waals surface area contributed by atoms with Crippen LogP contribution in [0.2, 0.25) is 0 Å². The molecule has 1 aromatic heterocycles. The predicted octanol–water partition coefficient (Wildman–Crippen LogP) is 3.42. The van der Waals surface area contributed by atoms with Gasteiger partial charge in [0.15, 0.2) is 0 Å². The fourth-order valence-electron chi connectivity index (χ4n) is 2.00. The summed E-state index contributed by atoms with van der Waals surface area (Å²) in [7, 11) is 6.04. The van der Waals surface area contributed by atoms with Crippen molar-refractivity contribution in [2.75, 3.05) is 26.0 Å². The van der Waals surface area contributed by atoms with Crippen LogP contribution < -0.4 is 15.0 Å². The van der Waals surface area contributed by atoms with Crippen molar-refractivity contribution in [2.24, 2.45) is 0 Å². The van der Waals surface area contributed by atoms with Gasteiger partial charge in [-0.2, -0.15) is 0 Å². The molecular formula is C16H22N2OS. The van der Waals surface area contributed by atoms with Crippen LogP contribution in [0, 0.1) is 6.92 Å². The van der Waals surface area contributed by atoms with Crippen molar-refractivity contribution in [1.82, 2.24) is 5.32 Å². The number of anilines is 1. The summed E-state index contributed by atoms with van der Waals surface area (Å²) >= 11 is 1.83. The second-order valence-corrected chi connectivity index (χ2v) is 6.35. The highest BCUT2D eigenvalue weighted by molar-refractivity contribution is 7.12. The molecule has 0 spiro atoms. The third-order valence-corrected chi connectivity index (χ3v) is 4.24. The van der Waals surface area contributed by atoms with Crippen molar-refractivity contribution in [3.05, 3.63) is 45.6 Å². The van der Waals surface area contributed by atoms with Gasteiger partial charge in [-0.3, -0.25) is 0 Å². The van der Waals surface area contributed by atoms with E-state index in [1.54, 1.807) is 0 Å². The molecule has 0 atom stereocenters. The Balaban J connectivity index is 2.03. The Labute approximate surface area is 125 Å². The van der Waals surface area contributed by atoms with Crippen molar-refractivity contribution in [2.45, 2.75) is 20.1 Å². The van der Waals surface area contributed by atoms with Gasteiger partial charge in [0.2, 0.25) is 0 Å². The summed E-state index contributed by atoms with van der Waals surface area (Å²) in [6, 6.07) is 10.4. The van der Waals surface area contributed by atoms with Crippen molar-refractivity contribution in [1.29, 1.82) is 0 Å². The molecule has 0 fully saturated rings. The maximum Gasteiger partial charge on any atom is 0.121 e. The van der Waals surface area contributed by atoms with Gasteiger partial charge in [0.05, 0.1) is 0 Å². The van der Waals surface area contributed by atoms with E-state index in [2.05, 4.69) is 35.3 Å². The lowest BCUT2D eigenvalue weighted by Gasteiger charge is -2.14. The molecule has 0 radical (unpaired) electrons. The van der Waals surface area contributed by atoms with E-state index >= 15 is 0 Å². The minimum absolute atomic E-state index is 0.628. The van der Waals surface area contributed by atoms with Gasteiger partial charge in [-0.15, -0.1) is 11.3 Å². The fraction of sp³-hybridized carbons (Fsp3) is 0.375. The van der Waals surface area contributed by atoms with Crippen LogP contribution in [0.5, 0.6) is 5.75 Å². The molecule has 0 amide bonds. The number of hydrogen-bond acceptors (Lipinski definition) is 4. The van der Waals surface area contributed by atoms with Crippen molar-refractivity contribution < 1.29 is 4.74 Å². The highest BCUT2D eigenvalue weighted by atomic mass is 32.1. The average molecular weight is 290 g/mol. The summed E-state index contributed by atoms with van der Waals surface area (Å²) in [6.45, 7) is 3.70. The summed E-state index contributed by atoms with van der Waals surface area (Å²) in [6.07, 6.45) is 0. The number of rotatable bonds is 6. The summed E-state index contributed by atoms with van der Waals surface area (Å²) < 4.78 is 5.91. The SMILES string of the molecule is CNCc1cc(COc2cccc(N(C)C)c2)c(C)s1. The van der Waals surface area contributed by atoms with Gasteiger partial charge in [0.25, 0.3) is 0 Å². The van der Waals surface area contributed by atoms with E-state index in [1.807, 2.05) is 44.6 Å². The van der Waals surface area contributed by atoms with E-state index in [0.717, 1.165) is 18.0 Å². The molecule has 1 heterocycles. The van der Waals surface area contributed by atoms with Gasteiger partial charge in [0.1, 0.15) is 12.4 Å². The fourth-order valence-corrected chi connectivity index (χ4v) is 3.06. The van der Waals surface area contributed by atoms with Crippen LogP contribution in [-0.4, -0.2) is 21.1 Å². The maximum absolute atomic E-state index is 5.91. The molecule has 0 bridgehead atoms. The number of hydrogen-bond donors (Lipinski definition) is 1. The summed E-state index contributed by atoms with van der Waals surface area (Å²) in [5, 5.41) is 3.18. The van der Waals surface area contributed by atoms with E-state index in [1.165, 1.54) is 15.3 Å². The number of aryl methyl sites for hydroxylation is 1. The van der Waals surface area contributed by atoms with E-state index in [4.69, 9.17) is 4.74 Å². The number of benzene rings is 1. The Bertz CT molecular complexity index is 563. The molecule has 0 aliphatic heterocycles. The van der Waals surface area contributed by atoms with Gasteiger partial charge in [-0.05, 0) is 32.2 Å². The second-order valence-electron chi connectivity index (χ2n) is 5.00. The van der Waals surface area contributed by atoms with Crippen LogP contribution in [0.4, 0.5) is 5.69 Å². The third kappa shape index (κ3) is 3.74. The van der Waals surface area contributed by atoms with Crippen LogP contribution in [0.25, 0.3) is 0 Å². The van der Waals surface area contributed by atoms with E-state index in [0.29, 0.717) is 6.61 Å². The molecule has 0 aliphatic rings. The lowest BCUT2D eigenvalue weighted by atomic mass is 10.2. The molecular weight excluding hydrogens is 268 g/mol. The summed E-state index contributed by atoms with van der Waals surface area (Å²) in [5.74, 6) is 0.914. The molecule has 0 saturated heterocycles. The maximum atomic E-state index is 5.91. The minimum atomic E-state index is 0.628. The second kappa shape index (κ2) is 6.77. The molecule has 1 aromatic carbocycles. The topological polar surface area (TPSA) is 24.5 Å². The van der Waals surface area contributed by atoms with Gasteiger partial charge < -0.3 is 15.0 Å². The molecule has 4 heteroatoms. The first-order valence-corrected chi connectivity index (χ1v) is 7.54. The average Bonchev–Trinajstić information content (AvgIpc) is 2.77. The summed E-state index contributed by atoms with van der Waals surface area (Å²) in [5.41, 5.74) is 2.43. The van der Waals surface area contributed by atoms with Crippen LogP contribution in [0.3, 0.4) is 0 Å². The lowest BCUT2D eigenvalue weighted by molar-refractivity contribution is 0.306. The van der Waals surface area contributed by atoms with Crippen molar-refractivity contribution in [3.8, 4) is 5.75 Å². The third-order valence-electron chi connectivity index (χ3n) is 3.15. The quantitative estimate of drug-likeness (QED) is 0.882. The minimum Gasteiger partial charge on any atom is -0.489 e. The first kappa shape index (κ1) is 14.9. The Morgan fingerprint density at radius 3 is 2.75 bits per heavy atom. The van der Waals surface area contributed by atoms with E-state index < -0.39 is 0 Å². The van der Waals surface area contributed by atoms with Gasteiger partial charge in [-0.1, -0.05) is 6.07 Å². The van der Waals surface area contributed by atoms with Gasteiger partial charge in [-0.25, -0.2) is 0 Å². The molecule has 0 saturated carbocycles. The van der Waals surface area contributed by atoms with Crippen LogP contribution in [0.1, 0.15) is 15.3 Å². The molecule has 108 valence electrons. The Morgan fingerprint density at radius 2 is 2.05 bits per heavy atom. The first-order valence-electron chi connectivity index (χ1n) is 6.73. The molecule has 20 heavy (non-hydrogen) atoms. The lowest BCUT2D eigenvalue weighted by Crippen LogP contribution is -2.08. The molecule has 1 N–H and O–H groups in total. The van der Waals surface area contributed by atoms with Gasteiger partial charge in [0, 0.05) is 47.7 Å². The summed E-state index contributed by atoms with van der Waals surface area (Å²) in [4.78, 5) is 4.76. The number of thiophene rings is 1. The standard InChI is InChI=1S/C16H22N2OS/c1-12-13(8-16(20-12)10-17-2)11-19-15-7-5-6-14(9-15)18(3)4/h5-9,17H,10-11H2,1-4H3. The van der Waals surface area contributed by atoms with Crippen LogP contribution in [0.15, 0.2) is 30.3 Å². The largest absolute Gasteiger partial charge is 0.489 e. The van der Waals surface area contributed by atoms with Crippen molar-refractivity contribution in [3.63, 3.8) is 0 Å².